The summed E-state index contributed by atoms with van der Waals surface area (Å²) >= 11 is 1.40. The Kier molecular flexibility index (Phi) is 11.8. The van der Waals surface area contributed by atoms with Crippen LogP contribution in [0.4, 0.5) is 0 Å². The molecule has 0 bridgehead atoms. The van der Waals surface area contributed by atoms with Crippen LogP contribution in [0.1, 0.15) is 36.7 Å². The maximum Gasteiger partial charge on any atom is 0.243 e. The van der Waals surface area contributed by atoms with Gasteiger partial charge >= 0.3 is 0 Å². The lowest BCUT2D eigenvalue weighted by Crippen LogP contribution is -2.52. The zero-order valence-electron chi connectivity index (χ0n) is 25.8. The maximum atomic E-state index is 13.8. The van der Waals surface area contributed by atoms with Crippen molar-refractivity contribution in [3.8, 4) is 0 Å². The average molecular weight is 687 g/mol. The van der Waals surface area contributed by atoms with Gasteiger partial charge in [-0.15, -0.1) is 11.3 Å². The van der Waals surface area contributed by atoms with Gasteiger partial charge in [-0.25, -0.2) is 21.8 Å². The van der Waals surface area contributed by atoms with Gasteiger partial charge in [0.1, 0.15) is 5.75 Å². The highest BCUT2D eigenvalue weighted by atomic mass is 32.2. The number of ketones is 1. The summed E-state index contributed by atoms with van der Waals surface area (Å²) in [6.45, 7) is 4.95. The molecule has 2 N–H and O–H groups in total. The van der Waals surface area contributed by atoms with Gasteiger partial charge < -0.3 is 10.4 Å². The molecule has 2 aromatic heterocycles. The molecule has 0 saturated heterocycles. The number of Topliss-reactive ketones (excluding diaryl/α,β-unsaturated/α-hetero) is 1. The first kappa shape index (κ1) is 35.3. The van der Waals surface area contributed by atoms with Crippen LogP contribution in [0.2, 0.25) is 0 Å². The van der Waals surface area contributed by atoms with Gasteiger partial charge in [0.25, 0.3) is 0 Å². The Morgan fingerprint density at radius 2 is 1.65 bits per heavy atom. The predicted octanol–water partition coefficient (Wildman–Crippen LogP) is 3.36. The summed E-state index contributed by atoms with van der Waals surface area (Å²) in [5.74, 6) is -3.73. The lowest BCUT2D eigenvalue weighted by atomic mass is 10.00. The predicted molar refractivity (Wildman–Crippen MR) is 178 cm³/mol. The van der Waals surface area contributed by atoms with Crippen molar-refractivity contribution in [1.29, 1.82) is 0 Å². The minimum absolute atomic E-state index is 0.0440. The minimum atomic E-state index is -4.06. The molecule has 0 fully saturated rings. The second-order valence-electron chi connectivity index (χ2n) is 11.7. The SMILES string of the molecule is CC(C)CN(C[C@@H](O)C(Cc1ccccc1)NC(=O)[C@H](C)CS(=O)(=O)CC(=O)c1ccncc1)S(=O)(=O)c1ccc2scnc2c1. The van der Waals surface area contributed by atoms with Crippen molar-refractivity contribution >= 4 is 53.1 Å². The van der Waals surface area contributed by atoms with Gasteiger partial charge in [0, 0.05) is 37.0 Å². The van der Waals surface area contributed by atoms with Gasteiger partial charge in [-0.2, -0.15) is 4.31 Å². The molecule has 3 atom stereocenters. The Balaban J connectivity index is 1.52. The van der Waals surface area contributed by atoms with Crippen molar-refractivity contribution in [3.63, 3.8) is 0 Å². The topological polar surface area (TPSA) is 164 Å². The number of carbonyl (C=O) groups excluding carboxylic acids is 2. The first-order chi connectivity index (χ1) is 21.7. The first-order valence-corrected chi connectivity index (χ1v) is 18.9. The zero-order valence-corrected chi connectivity index (χ0v) is 28.3. The highest BCUT2D eigenvalue weighted by Gasteiger charge is 2.33. The van der Waals surface area contributed by atoms with E-state index < -0.39 is 61.1 Å². The molecule has 2 aromatic carbocycles. The van der Waals surface area contributed by atoms with Crippen LogP contribution in [0.5, 0.6) is 0 Å². The van der Waals surface area contributed by atoms with Crippen LogP contribution < -0.4 is 5.32 Å². The van der Waals surface area contributed by atoms with Crippen LogP contribution in [-0.4, -0.2) is 84.6 Å². The second kappa shape index (κ2) is 15.4. The summed E-state index contributed by atoms with van der Waals surface area (Å²) in [5.41, 5.74) is 3.17. The van der Waals surface area contributed by atoms with Crippen LogP contribution in [0.3, 0.4) is 0 Å². The summed E-state index contributed by atoms with van der Waals surface area (Å²) in [6, 6.07) is 15.7. The molecular weight excluding hydrogens is 649 g/mol. The third-order valence-corrected chi connectivity index (χ3v) is 11.6. The highest BCUT2D eigenvalue weighted by Crippen LogP contribution is 2.25. The number of fused-ring (bicyclic) bond motifs is 1. The fourth-order valence-electron chi connectivity index (χ4n) is 4.97. The van der Waals surface area contributed by atoms with E-state index in [0.717, 1.165) is 10.3 Å². The zero-order chi connectivity index (χ0) is 33.5. The number of hydrogen-bond donors (Lipinski definition) is 2. The molecule has 4 rings (SSSR count). The summed E-state index contributed by atoms with van der Waals surface area (Å²) < 4.78 is 55.4. The van der Waals surface area contributed by atoms with E-state index in [1.807, 2.05) is 32.0 Å². The molecule has 2 heterocycles. The molecular formula is C32H38N4O7S3. The van der Waals surface area contributed by atoms with E-state index in [0.29, 0.717) is 5.52 Å². The Bertz CT molecular complexity index is 1850. The lowest BCUT2D eigenvalue weighted by molar-refractivity contribution is -0.125. The minimum Gasteiger partial charge on any atom is -0.390 e. The Labute approximate surface area is 273 Å². The molecule has 1 unspecified atom stereocenters. The standard InChI is InChI=1S/C32H38N4O7S3/c1-22(2)17-36(46(42,43)26-9-10-31-28(16-26)34-21-44-31)18-29(37)27(15-24-7-5-4-6-8-24)35-32(39)23(3)19-45(40,41)20-30(38)25-11-13-33-14-12-25/h4-14,16,21-23,27,29,37H,15,17-20H2,1-3H3,(H,35,39)/t23-,27?,29-/m1/s1. The van der Waals surface area contributed by atoms with Crippen molar-refractivity contribution < 1.29 is 31.5 Å². The number of hydrogen-bond acceptors (Lipinski definition) is 10. The molecule has 11 nitrogen and oxygen atoms in total. The number of nitrogens with one attached hydrogen (secondary N) is 1. The monoisotopic (exact) mass is 686 g/mol. The number of sulfone groups is 1. The number of carbonyl (C=O) groups is 2. The fraction of sp³-hybridized carbons (Fsp3) is 0.375. The maximum absolute atomic E-state index is 13.8. The number of aliphatic hydroxyl groups is 1. The average Bonchev–Trinajstić information content (AvgIpc) is 3.49. The molecule has 0 spiro atoms. The van der Waals surface area contributed by atoms with E-state index >= 15 is 0 Å². The number of pyridine rings is 1. The number of amides is 1. The van der Waals surface area contributed by atoms with Gasteiger partial charge in [-0.3, -0.25) is 14.6 Å². The fourth-order valence-corrected chi connectivity index (χ4v) is 8.87. The van der Waals surface area contributed by atoms with Gasteiger partial charge in [0.05, 0.1) is 38.5 Å². The third kappa shape index (κ3) is 9.48. The molecule has 246 valence electrons. The van der Waals surface area contributed by atoms with Crippen LogP contribution in [-0.2, 0) is 31.1 Å². The van der Waals surface area contributed by atoms with Crippen molar-refractivity contribution in [3.05, 3.63) is 89.7 Å². The van der Waals surface area contributed by atoms with E-state index in [2.05, 4.69) is 15.3 Å². The second-order valence-corrected chi connectivity index (χ2v) is 16.6. The highest BCUT2D eigenvalue weighted by molar-refractivity contribution is 7.92. The molecule has 46 heavy (non-hydrogen) atoms. The van der Waals surface area contributed by atoms with Gasteiger partial charge in [0.2, 0.25) is 15.9 Å². The molecule has 0 aliphatic carbocycles. The molecule has 0 radical (unpaired) electrons. The van der Waals surface area contributed by atoms with Crippen molar-refractivity contribution in [1.82, 2.24) is 19.6 Å². The Morgan fingerprint density at radius 1 is 0.957 bits per heavy atom. The summed E-state index contributed by atoms with van der Waals surface area (Å²) in [5, 5.41) is 14.3. The van der Waals surface area contributed by atoms with E-state index in [1.165, 1.54) is 59.2 Å². The number of thiazole rings is 1. The number of aromatic nitrogens is 2. The summed E-state index contributed by atoms with van der Waals surface area (Å²) in [6.07, 6.45) is 1.59. The van der Waals surface area contributed by atoms with Crippen LogP contribution in [0.15, 0.2) is 83.5 Å². The van der Waals surface area contributed by atoms with Crippen LogP contribution in [0, 0.1) is 11.8 Å². The molecule has 1 amide bonds. The van der Waals surface area contributed by atoms with E-state index in [1.54, 1.807) is 23.7 Å². The van der Waals surface area contributed by atoms with Crippen LogP contribution >= 0.6 is 11.3 Å². The van der Waals surface area contributed by atoms with Gasteiger partial charge in [-0.05, 0) is 48.2 Å². The summed E-state index contributed by atoms with van der Waals surface area (Å²) in [7, 11) is -8.03. The summed E-state index contributed by atoms with van der Waals surface area (Å²) in [4.78, 5) is 33.9. The number of sulfonamides is 1. The van der Waals surface area contributed by atoms with Crippen molar-refractivity contribution in [2.75, 3.05) is 24.6 Å². The normalized spacial score (nSPS) is 14.3. The Morgan fingerprint density at radius 3 is 2.33 bits per heavy atom. The van der Waals surface area contributed by atoms with Crippen molar-refractivity contribution in [2.45, 2.75) is 44.2 Å². The number of benzene rings is 2. The van der Waals surface area contributed by atoms with Crippen molar-refractivity contribution in [2.24, 2.45) is 11.8 Å². The molecule has 14 heteroatoms. The number of rotatable bonds is 16. The number of aliphatic hydroxyl groups excluding tert-OH is 1. The van der Waals surface area contributed by atoms with Gasteiger partial charge in [0.15, 0.2) is 15.6 Å². The number of nitrogens with zero attached hydrogens (tertiary/aromatic N) is 3. The lowest BCUT2D eigenvalue weighted by Gasteiger charge is -2.31. The van der Waals surface area contributed by atoms with Crippen LogP contribution in [0.25, 0.3) is 10.2 Å². The quantitative estimate of drug-likeness (QED) is 0.168. The smallest absolute Gasteiger partial charge is 0.243 e. The molecule has 0 saturated carbocycles. The van der Waals surface area contributed by atoms with Gasteiger partial charge in [-0.1, -0.05) is 51.1 Å². The Hall–Kier alpha value is -3.56. The molecule has 0 aliphatic rings. The largest absolute Gasteiger partial charge is 0.390 e. The van der Waals surface area contributed by atoms with E-state index in [9.17, 15) is 31.5 Å². The van der Waals surface area contributed by atoms with E-state index in [4.69, 9.17) is 0 Å². The molecule has 4 aromatic rings. The first-order valence-electron chi connectivity index (χ1n) is 14.7. The molecule has 0 aliphatic heterocycles. The third-order valence-electron chi connectivity index (χ3n) is 7.29. The van der Waals surface area contributed by atoms with E-state index in [-0.39, 0.29) is 35.9 Å².